The Bertz CT molecular complexity index is 439. The maximum atomic E-state index is 12.2. The van der Waals surface area contributed by atoms with Crippen LogP contribution in [0.5, 0.6) is 0 Å². The summed E-state index contributed by atoms with van der Waals surface area (Å²) in [5.41, 5.74) is 5.23. The van der Waals surface area contributed by atoms with Gasteiger partial charge in [-0.3, -0.25) is 4.79 Å². The number of benzene rings is 1. The average Bonchev–Trinajstić information content (AvgIpc) is 2.25. The highest BCUT2D eigenvalue weighted by Gasteiger charge is 2.13. The van der Waals surface area contributed by atoms with E-state index in [4.69, 9.17) is 0 Å². The van der Waals surface area contributed by atoms with Crippen LogP contribution in [-0.4, -0.2) is 5.78 Å². The Balaban J connectivity index is 3.24. The third-order valence-corrected chi connectivity index (χ3v) is 3.11. The van der Waals surface area contributed by atoms with Gasteiger partial charge in [-0.2, -0.15) is 0 Å². The molecule has 0 aliphatic carbocycles. The first kappa shape index (κ1) is 12.7. The van der Waals surface area contributed by atoms with E-state index in [-0.39, 0.29) is 5.78 Å². The fraction of sp³-hybridized carbons (Fsp3) is 0.400. The van der Waals surface area contributed by atoms with Gasteiger partial charge in [-0.1, -0.05) is 19.1 Å². The van der Waals surface area contributed by atoms with Crippen molar-refractivity contribution in [2.45, 2.75) is 41.0 Å². The van der Waals surface area contributed by atoms with Crippen molar-refractivity contribution < 1.29 is 4.79 Å². The average molecular weight is 216 g/mol. The van der Waals surface area contributed by atoms with Crippen LogP contribution in [0.2, 0.25) is 0 Å². The molecule has 1 heteroatoms. The van der Waals surface area contributed by atoms with Crippen LogP contribution in [0.3, 0.4) is 0 Å². The minimum Gasteiger partial charge on any atom is -0.289 e. The summed E-state index contributed by atoms with van der Waals surface area (Å²) in [5, 5.41) is 0. The molecule has 0 amide bonds. The first-order chi connectivity index (χ1) is 7.51. The van der Waals surface area contributed by atoms with Gasteiger partial charge < -0.3 is 0 Å². The van der Waals surface area contributed by atoms with Crippen LogP contribution in [0.4, 0.5) is 0 Å². The van der Waals surface area contributed by atoms with E-state index in [0.29, 0.717) is 0 Å². The summed E-state index contributed by atoms with van der Waals surface area (Å²) in [5.74, 6) is 0.172. The maximum Gasteiger partial charge on any atom is 0.188 e. The smallest absolute Gasteiger partial charge is 0.188 e. The van der Waals surface area contributed by atoms with Crippen molar-refractivity contribution in [2.75, 3.05) is 0 Å². The molecule has 0 atom stereocenters. The molecule has 0 fully saturated rings. The number of carbonyl (C=O) groups excluding carboxylic acids is 1. The number of aryl methyl sites for hydroxylation is 3. The summed E-state index contributed by atoms with van der Waals surface area (Å²) in [4.78, 5) is 12.2. The van der Waals surface area contributed by atoms with Crippen LogP contribution in [0.1, 0.15) is 47.3 Å². The molecule has 1 nitrogen and oxygen atoms in total. The molecule has 0 saturated carbocycles. The van der Waals surface area contributed by atoms with Crippen molar-refractivity contribution in [3.8, 4) is 0 Å². The van der Waals surface area contributed by atoms with Gasteiger partial charge in [-0.25, -0.2) is 0 Å². The Morgan fingerprint density at radius 2 is 1.69 bits per heavy atom. The largest absolute Gasteiger partial charge is 0.289 e. The number of ketones is 1. The highest BCUT2D eigenvalue weighted by molar-refractivity contribution is 6.09. The van der Waals surface area contributed by atoms with Gasteiger partial charge in [0, 0.05) is 5.56 Å². The van der Waals surface area contributed by atoms with E-state index in [2.05, 4.69) is 13.0 Å². The van der Waals surface area contributed by atoms with Crippen LogP contribution in [0, 0.1) is 20.8 Å². The second kappa shape index (κ2) is 5.11. The van der Waals surface area contributed by atoms with Crippen LogP contribution < -0.4 is 0 Å². The molecule has 0 aromatic heterocycles. The van der Waals surface area contributed by atoms with E-state index in [1.165, 1.54) is 11.1 Å². The van der Waals surface area contributed by atoms with Gasteiger partial charge >= 0.3 is 0 Å². The summed E-state index contributed by atoms with van der Waals surface area (Å²) in [6.07, 6.45) is 2.71. The zero-order valence-corrected chi connectivity index (χ0v) is 10.8. The van der Waals surface area contributed by atoms with Crippen molar-refractivity contribution in [1.29, 1.82) is 0 Å². The van der Waals surface area contributed by atoms with Gasteiger partial charge in [0.05, 0.1) is 0 Å². The lowest BCUT2D eigenvalue weighted by atomic mass is 9.94. The Hall–Kier alpha value is -1.37. The van der Waals surface area contributed by atoms with E-state index in [1.54, 1.807) is 0 Å². The van der Waals surface area contributed by atoms with Crippen molar-refractivity contribution in [2.24, 2.45) is 0 Å². The molecule has 0 saturated heterocycles. The van der Waals surface area contributed by atoms with Gasteiger partial charge in [0.15, 0.2) is 5.78 Å². The van der Waals surface area contributed by atoms with Gasteiger partial charge in [-0.15, -0.1) is 0 Å². The first-order valence-corrected chi connectivity index (χ1v) is 5.79. The number of rotatable bonds is 3. The summed E-state index contributed by atoms with van der Waals surface area (Å²) in [7, 11) is 0. The lowest BCUT2D eigenvalue weighted by molar-refractivity contribution is 0.103. The Morgan fingerprint density at radius 3 is 2.19 bits per heavy atom. The molecule has 1 aromatic rings. The molecule has 0 unspecified atom stereocenters. The fourth-order valence-electron chi connectivity index (χ4n) is 1.87. The van der Waals surface area contributed by atoms with Crippen molar-refractivity contribution in [1.82, 2.24) is 0 Å². The molecule has 86 valence electrons. The van der Waals surface area contributed by atoms with Crippen LogP contribution in [-0.2, 0) is 0 Å². The minimum absolute atomic E-state index is 0.172. The summed E-state index contributed by atoms with van der Waals surface area (Å²) >= 11 is 0. The van der Waals surface area contributed by atoms with Gasteiger partial charge in [-0.05, 0) is 62.4 Å². The van der Waals surface area contributed by atoms with E-state index in [0.717, 1.165) is 23.1 Å². The SMILES string of the molecule is C/C=C(/CC)C(=O)c1cc(C)c(C)cc1C. The van der Waals surface area contributed by atoms with Crippen molar-refractivity contribution in [3.05, 3.63) is 46.0 Å². The summed E-state index contributed by atoms with van der Waals surface area (Å²) in [6.45, 7) is 10.1. The summed E-state index contributed by atoms with van der Waals surface area (Å²) < 4.78 is 0. The minimum atomic E-state index is 0.172. The highest BCUT2D eigenvalue weighted by atomic mass is 16.1. The Morgan fingerprint density at radius 1 is 1.12 bits per heavy atom. The fourth-order valence-corrected chi connectivity index (χ4v) is 1.87. The molecule has 0 spiro atoms. The van der Waals surface area contributed by atoms with Gasteiger partial charge in [0.25, 0.3) is 0 Å². The Labute approximate surface area is 98.2 Å². The molecule has 1 aromatic carbocycles. The van der Waals surface area contributed by atoms with E-state index in [9.17, 15) is 4.79 Å². The summed E-state index contributed by atoms with van der Waals surface area (Å²) in [6, 6.07) is 4.09. The molecule has 1 rings (SSSR count). The van der Waals surface area contributed by atoms with Crippen molar-refractivity contribution in [3.63, 3.8) is 0 Å². The quantitative estimate of drug-likeness (QED) is 0.548. The Kier molecular flexibility index (Phi) is 4.05. The molecule has 0 aliphatic heterocycles. The molecule has 0 radical (unpaired) electrons. The maximum absolute atomic E-state index is 12.2. The lowest BCUT2D eigenvalue weighted by Crippen LogP contribution is -2.06. The molecule has 0 bridgehead atoms. The molecular weight excluding hydrogens is 196 g/mol. The number of Topliss-reactive ketones (excluding diaryl/α,β-unsaturated/α-hetero) is 1. The lowest BCUT2D eigenvalue weighted by Gasteiger charge is -2.10. The number of allylic oxidation sites excluding steroid dienone is 2. The number of hydrogen-bond acceptors (Lipinski definition) is 1. The van der Waals surface area contributed by atoms with E-state index in [1.807, 2.05) is 39.8 Å². The van der Waals surface area contributed by atoms with E-state index < -0.39 is 0 Å². The monoisotopic (exact) mass is 216 g/mol. The molecule has 0 N–H and O–H groups in total. The first-order valence-electron chi connectivity index (χ1n) is 5.79. The zero-order valence-electron chi connectivity index (χ0n) is 10.8. The number of hydrogen-bond donors (Lipinski definition) is 0. The van der Waals surface area contributed by atoms with Gasteiger partial charge in [0.1, 0.15) is 0 Å². The molecule has 0 heterocycles. The zero-order chi connectivity index (χ0) is 12.3. The predicted molar refractivity (Wildman–Crippen MR) is 69.0 cm³/mol. The van der Waals surface area contributed by atoms with Crippen LogP contribution >= 0.6 is 0 Å². The standard InChI is InChI=1S/C15H20O/c1-6-13(7-2)15(16)14-9-11(4)10(3)8-12(14)5/h6,8-9H,7H2,1-5H3/b13-6-. The second-order valence-electron chi connectivity index (χ2n) is 4.25. The third-order valence-electron chi connectivity index (χ3n) is 3.11. The van der Waals surface area contributed by atoms with E-state index >= 15 is 0 Å². The van der Waals surface area contributed by atoms with Crippen molar-refractivity contribution >= 4 is 5.78 Å². The normalized spacial score (nSPS) is 11.7. The second-order valence-corrected chi connectivity index (χ2v) is 4.25. The molecule has 0 aliphatic rings. The van der Waals surface area contributed by atoms with Gasteiger partial charge in [0.2, 0.25) is 0 Å². The third kappa shape index (κ3) is 2.41. The topological polar surface area (TPSA) is 17.1 Å². The highest BCUT2D eigenvalue weighted by Crippen LogP contribution is 2.19. The molecular formula is C15H20O. The van der Waals surface area contributed by atoms with Crippen LogP contribution in [0.15, 0.2) is 23.8 Å². The van der Waals surface area contributed by atoms with Crippen LogP contribution in [0.25, 0.3) is 0 Å². The molecule has 16 heavy (non-hydrogen) atoms. The number of carbonyl (C=O) groups is 1. The predicted octanol–water partition coefficient (Wildman–Crippen LogP) is 4.15.